The molecule has 1 N–H and O–H groups in total. The standard InChI is InChI=1S/C10H17N3S2/c1-11-10(8-3-4-13(2)12-8)9-7-14-5-6-15-9/h3-4,9-11H,5-7H2,1-2H3. The van der Waals surface area contributed by atoms with Crippen molar-refractivity contribution in [2.45, 2.75) is 11.3 Å². The fourth-order valence-electron chi connectivity index (χ4n) is 1.82. The van der Waals surface area contributed by atoms with Gasteiger partial charge in [0.05, 0.1) is 11.7 Å². The van der Waals surface area contributed by atoms with Crippen LogP contribution in [-0.4, -0.2) is 39.3 Å². The summed E-state index contributed by atoms with van der Waals surface area (Å²) in [5.74, 6) is 3.78. The molecule has 1 aromatic heterocycles. The van der Waals surface area contributed by atoms with E-state index in [4.69, 9.17) is 0 Å². The number of aromatic nitrogens is 2. The zero-order valence-electron chi connectivity index (χ0n) is 9.14. The SMILES string of the molecule is CNC(c1ccn(C)n1)C1CSCCS1. The summed E-state index contributed by atoms with van der Waals surface area (Å²) in [5, 5.41) is 8.54. The van der Waals surface area contributed by atoms with E-state index >= 15 is 0 Å². The van der Waals surface area contributed by atoms with Crippen LogP contribution in [0.5, 0.6) is 0 Å². The topological polar surface area (TPSA) is 29.9 Å². The molecule has 1 saturated heterocycles. The zero-order valence-corrected chi connectivity index (χ0v) is 10.8. The quantitative estimate of drug-likeness (QED) is 0.872. The molecule has 0 aliphatic carbocycles. The summed E-state index contributed by atoms with van der Waals surface area (Å²) in [6.45, 7) is 0. The molecule has 1 fully saturated rings. The van der Waals surface area contributed by atoms with Gasteiger partial charge in [-0.3, -0.25) is 4.68 Å². The molecular weight excluding hydrogens is 226 g/mol. The van der Waals surface area contributed by atoms with E-state index in [2.05, 4.69) is 40.0 Å². The number of nitrogens with one attached hydrogen (secondary N) is 1. The smallest absolute Gasteiger partial charge is 0.0805 e. The maximum atomic E-state index is 4.49. The maximum Gasteiger partial charge on any atom is 0.0805 e. The largest absolute Gasteiger partial charge is 0.311 e. The van der Waals surface area contributed by atoms with Crippen LogP contribution in [0.15, 0.2) is 12.3 Å². The van der Waals surface area contributed by atoms with Crippen molar-refractivity contribution in [3.05, 3.63) is 18.0 Å². The van der Waals surface area contributed by atoms with Gasteiger partial charge in [0.25, 0.3) is 0 Å². The minimum absolute atomic E-state index is 0.393. The summed E-state index contributed by atoms with van der Waals surface area (Å²) in [7, 11) is 4.00. The van der Waals surface area contributed by atoms with Gasteiger partial charge in [0.1, 0.15) is 0 Å². The molecule has 0 bridgehead atoms. The fraction of sp³-hybridized carbons (Fsp3) is 0.700. The van der Waals surface area contributed by atoms with Gasteiger partial charge in [-0.25, -0.2) is 0 Å². The Balaban J connectivity index is 2.08. The van der Waals surface area contributed by atoms with Crippen LogP contribution in [0.3, 0.4) is 0 Å². The third-order valence-corrected chi connectivity index (χ3v) is 5.44. The van der Waals surface area contributed by atoms with E-state index in [1.165, 1.54) is 23.0 Å². The lowest BCUT2D eigenvalue weighted by molar-refractivity contribution is 0.563. The molecule has 2 heterocycles. The van der Waals surface area contributed by atoms with Gasteiger partial charge in [0, 0.05) is 35.8 Å². The highest BCUT2D eigenvalue weighted by molar-refractivity contribution is 8.06. The normalized spacial score (nSPS) is 24.0. The second-order valence-electron chi connectivity index (χ2n) is 3.66. The summed E-state index contributed by atoms with van der Waals surface area (Å²) in [5.41, 5.74) is 1.17. The van der Waals surface area contributed by atoms with Gasteiger partial charge < -0.3 is 5.32 Å². The van der Waals surface area contributed by atoms with Crippen molar-refractivity contribution in [1.82, 2.24) is 15.1 Å². The van der Waals surface area contributed by atoms with Crippen LogP contribution in [0.2, 0.25) is 0 Å². The molecule has 84 valence electrons. The molecule has 0 amide bonds. The van der Waals surface area contributed by atoms with Crippen molar-refractivity contribution >= 4 is 23.5 Å². The van der Waals surface area contributed by atoms with Crippen molar-refractivity contribution < 1.29 is 0 Å². The van der Waals surface area contributed by atoms with Crippen LogP contribution in [-0.2, 0) is 7.05 Å². The number of hydrogen-bond donors (Lipinski definition) is 1. The summed E-state index contributed by atoms with van der Waals surface area (Å²) < 4.78 is 1.88. The molecule has 2 unspecified atom stereocenters. The Bertz CT molecular complexity index is 307. The maximum absolute atomic E-state index is 4.49. The van der Waals surface area contributed by atoms with Gasteiger partial charge in [-0.15, -0.1) is 0 Å². The molecule has 1 aliphatic rings. The molecule has 0 saturated carbocycles. The first-order valence-corrected chi connectivity index (χ1v) is 7.38. The third-order valence-electron chi connectivity index (χ3n) is 2.58. The van der Waals surface area contributed by atoms with Gasteiger partial charge in [-0.05, 0) is 13.1 Å². The zero-order chi connectivity index (χ0) is 10.7. The Kier molecular flexibility index (Phi) is 3.99. The second kappa shape index (κ2) is 5.27. The van der Waals surface area contributed by atoms with E-state index in [-0.39, 0.29) is 0 Å². The average Bonchev–Trinajstić information content (AvgIpc) is 2.68. The molecular formula is C10H17N3S2. The van der Waals surface area contributed by atoms with Crippen LogP contribution in [0, 0.1) is 0 Å². The lowest BCUT2D eigenvalue weighted by Gasteiger charge is -2.28. The van der Waals surface area contributed by atoms with E-state index in [0.29, 0.717) is 11.3 Å². The second-order valence-corrected chi connectivity index (χ2v) is 6.16. The Hall–Kier alpha value is -0.130. The molecule has 1 aliphatic heterocycles. The molecule has 3 nitrogen and oxygen atoms in total. The highest BCUT2D eigenvalue weighted by atomic mass is 32.2. The van der Waals surface area contributed by atoms with Crippen LogP contribution in [0.4, 0.5) is 0 Å². The first-order valence-electron chi connectivity index (χ1n) is 5.17. The molecule has 0 spiro atoms. The molecule has 5 heteroatoms. The number of rotatable bonds is 3. The van der Waals surface area contributed by atoms with Crippen LogP contribution in [0.25, 0.3) is 0 Å². The van der Waals surface area contributed by atoms with Crippen molar-refractivity contribution in [1.29, 1.82) is 0 Å². The highest BCUT2D eigenvalue weighted by Gasteiger charge is 2.26. The highest BCUT2D eigenvalue weighted by Crippen LogP contribution is 2.32. The van der Waals surface area contributed by atoms with Crippen molar-refractivity contribution in [3.63, 3.8) is 0 Å². The molecule has 2 rings (SSSR count). The Labute approximate surface area is 99.4 Å². The lowest BCUT2D eigenvalue weighted by Crippen LogP contribution is -2.31. The van der Waals surface area contributed by atoms with Crippen LogP contribution < -0.4 is 5.32 Å². The van der Waals surface area contributed by atoms with E-state index < -0.39 is 0 Å². The van der Waals surface area contributed by atoms with Crippen molar-refractivity contribution in [3.8, 4) is 0 Å². The van der Waals surface area contributed by atoms with Crippen LogP contribution >= 0.6 is 23.5 Å². The first-order chi connectivity index (χ1) is 7.31. The molecule has 0 aromatic carbocycles. The van der Waals surface area contributed by atoms with Gasteiger partial charge in [-0.1, -0.05) is 0 Å². The Morgan fingerprint density at radius 1 is 1.60 bits per heavy atom. The lowest BCUT2D eigenvalue weighted by atomic mass is 10.1. The molecule has 1 aromatic rings. The van der Waals surface area contributed by atoms with Crippen LogP contribution in [0.1, 0.15) is 11.7 Å². The number of thioether (sulfide) groups is 2. The summed E-state index contributed by atoms with van der Waals surface area (Å²) >= 11 is 4.12. The van der Waals surface area contributed by atoms with Crippen molar-refractivity contribution in [2.24, 2.45) is 7.05 Å². The number of nitrogens with zero attached hydrogens (tertiary/aromatic N) is 2. The third kappa shape index (κ3) is 2.71. The molecule has 2 atom stereocenters. The first kappa shape index (κ1) is 11.4. The van der Waals surface area contributed by atoms with Crippen molar-refractivity contribution in [2.75, 3.05) is 24.3 Å². The predicted octanol–water partition coefficient (Wildman–Crippen LogP) is 1.53. The summed E-state index contributed by atoms with van der Waals surface area (Å²) in [6, 6.07) is 2.50. The van der Waals surface area contributed by atoms with E-state index in [0.717, 1.165) is 0 Å². The summed E-state index contributed by atoms with van der Waals surface area (Å²) in [4.78, 5) is 0. The minimum atomic E-state index is 0.393. The summed E-state index contributed by atoms with van der Waals surface area (Å²) in [6.07, 6.45) is 2.01. The average molecular weight is 243 g/mol. The van der Waals surface area contributed by atoms with Gasteiger partial charge in [0.15, 0.2) is 0 Å². The minimum Gasteiger partial charge on any atom is -0.311 e. The predicted molar refractivity (Wildman–Crippen MR) is 68.6 cm³/mol. The van der Waals surface area contributed by atoms with E-state index in [1.54, 1.807) is 0 Å². The molecule has 0 radical (unpaired) electrons. The molecule has 15 heavy (non-hydrogen) atoms. The Morgan fingerprint density at radius 3 is 3.00 bits per heavy atom. The van der Waals surface area contributed by atoms with Gasteiger partial charge in [-0.2, -0.15) is 28.6 Å². The monoisotopic (exact) mass is 243 g/mol. The number of aryl methyl sites for hydroxylation is 1. The van der Waals surface area contributed by atoms with E-state index in [1.807, 2.05) is 25.0 Å². The fourth-order valence-corrected chi connectivity index (χ4v) is 4.71. The number of hydrogen-bond acceptors (Lipinski definition) is 4. The van der Waals surface area contributed by atoms with E-state index in [9.17, 15) is 0 Å². The van der Waals surface area contributed by atoms with Gasteiger partial charge >= 0.3 is 0 Å². The Morgan fingerprint density at radius 2 is 2.47 bits per heavy atom. The van der Waals surface area contributed by atoms with Gasteiger partial charge in [0.2, 0.25) is 0 Å².